The number of nitrogens with two attached hydrogens (primary N) is 1. The standard InChI is InChI=1S/C12H18N2O4S/c13-19(17,18)10-6-11(12(15)16)14(8-10)7-9-4-2-1-3-5-9/h6,8-9H,1-5,7H2,(H,15,16)(H2,13,17,18). The molecule has 2 rings (SSSR count). The van der Waals surface area contributed by atoms with Gasteiger partial charge in [0.2, 0.25) is 10.0 Å². The molecule has 1 heterocycles. The summed E-state index contributed by atoms with van der Waals surface area (Å²) in [7, 11) is -3.86. The lowest BCUT2D eigenvalue weighted by molar-refractivity contribution is 0.0683. The van der Waals surface area contributed by atoms with Gasteiger partial charge in [-0.25, -0.2) is 18.4 Å². The third kappa shape index (κ3) is 3.36. The van der Waals surface area contributed by atoms with Gasteiger partial charge in [-0.05, 0) is 24.8 Å². The van der Waals surface area contributed by atoms with Crippen LogP contribution in [0.3, 0.4) is 0 Å². The van der Waals surface area contributed by atoms with Crippen LogP contribution in [0.1, 0.15) is 42.6 Å². The maximum Gasteiger partial charge on any atom is 0.352 e. The zero-order valence-electron chi connectivity index (χ0n) is 10.6. The summed E-state index contributed by atoms with van der Waals surface area (Å²) in [6.07, 6.45) is 6.96. The molecule has 0 amide bonds. The second-order valence-corrected chi connectivity index (χ2v) is 6.63. The fraction of sp³-hybridized carbons (Fsp3) is 0.583. The van der Waals surface area contributed by atoms with E-state index in [2.05, 4.69) is 0 Å². The first kappa shape index (κ1) is 14.1. The van der Waals surface area contributed by atoms with Crippen molar-refractivity contribution in [3.8, 4) is 0 Å². The van der Waals surface area contributed by atoms with Crippen molar-refractivity contribution >= 4 is 16.0 Å². The Bertz CT molecular complexity index is 571. The van der Waals surface area contributed by atoms with Gasteiger partial charge in [-0.15, -0.1) is 0 Å². The molecule has 106 valence electrons. The molecule has 1 saturated carbocycles. The van der Waals surface area contributed by atoms with E-state index in [1.165, 1.54) is 17.2 Å². The molecule has 1 aliphatic carbocycles. The first-order chi connectivity index (χ1) is 8.88. The van der Waals surface area contributed by atoms with Crippen molar-refractivity contribution in [2.75, 3.05) is 0 Å². The van der Waals surface area contributed by atoms with E-state index < -0.39 is 16.0 Å². The van der Waals surface area contributed by atoms with Crippen LogP contribution in [-0.2, 0) is 16.6 Å². The van der Waals surface area contributed by atoms with Gasteiger partial charge in [0.25, 0.3) is 0 Å². The second kappa shape index (κ2) is 5.34. The maximum atomic E-state index is 11.3. The van der Waals surface area contributed by atoms with Crippen molar-refractivity contribution in [2.24, 2.45) is 11.1 Å². The molecule has 7 heteroatoms. The summed E-state index contributed by atoms with van der Waals surface area (Å²) in [5, 5.41) is 14.2. The lowest BCUT2D eigenvalue weighted by Crippen LogP contribution is -2.17. The summed E-state index contributed by atoms with van der Waals surface area (Å²) in [6.45, 7) is 0.539. The molecule has 1 aromatic rings. The predicted octanol–water partition coefficient (Wildman–Crippen LogP) is 1.41. The molecule has 1 aromatic heterocycles. The topological polar surface area (TPSA) is 102 Å². The molecule has 0 saturated heterocycles. The summed E-state index contributed by atoms with van der Waals surface area (Å²) >= 11 is 0. The van der Waals surface area contributed by atoms with Crippen LogP contribution in [0.15, 0.2) is 17.2 Å². The fourth-order valence-electron chi connectivity index (χ4n) is 2.62. The van der Waals surface area contributed by atoms with E-state index in [4.69, 9.17) is 10.2 Å². The van der Waals surface area contributed by atoms with E-state index in [0.717, 1.165) is 31.7 Å². The molecule has 0 atom stereocenters. The Hall–Kier alpha value is -1.34. The van der Waals surface area contributed by atoms with Crippen LogP contribution in [0.5, 0.6) is 0 Å². The number of carboxylic acid groups (broad SMARTS) is 1. The normalized spacial score (nSPS) is 17.5. The summed E-state index contributed by atoms with van der Waals surface area (Å²) in [5.74, 6) is -0.724. The minimum absolute atomic E-state index is 0.0189. The molecule has 0 bridgehead atoms. The Labute approximate surface area is 112 Å². The molecule has 0 radical (unpaired) electrons. The highest BCUT2D eigenvalue weighted by Gasteiger charge is 2.21. The lowest BCUT2D eigenvalue weighted by atomic mass is 9.89. The average Bonchev–Trinajstić information content (AvgIpc) is 2.74. The van der Waals surface area contributed by atoms with Crippen molar-refractivity contribution in [1.29, 1.82) is 0 Å². The van der Waals surface area contributed by atoms with Gasteiger partial charge in [0, 0.05) is 12.7 Å². The Morgan fingerprint density at radius 2 is 2.00 bits per heavy atom. The fourth-order valence-corrected chi connectivity index (χ4v) is 3.17. The monoisotopic (exact) mass is 286 g/mol. The van der Waals surface area contributed by atoms with Gasteiger partial charge < -0.3 is 9.67 Å². The first-order valence-electron chi connectivity index (χ1n) is 6.34. The van der Waals surface area contributed by atoms with Gasteiger partial charge in [-0.3, -0.25) is 0 Å². The molecule has 3 N–H and O–H groups in total. The van der Waals surface area contributed by atoms with Crippen LogP contribution < -0.4 is 5.14 Å². The summed E-state index contributed by atoms with van der Waals surface area (Å²) < 4.78 is 24.1. The van der Waals surface area contributed by atoms with Crippen LogP contribution in [0.25, 0.3) is 0 Å². The van der Waals surface area contributed by atoms with Crippen LogP contribution in [0, 0.1) is 5.92 Å². The van der Waals surface area contributed by atoms with E-state index in [1.807, 2.05) is 0 Å². The van der Waals surface area contributed by atoms with E-state index in [-0.39, 0.29) is 10.6 Å². The number of hydrogen-bond donors (Lipinski definition) is 2. The molecule has 0 spiro atoms. The third-order valence-corrected chi connectivity index (χ3v) is 4.48. The van der Waals surface area contributed by atoms with Crippen molar-refractivity contribution in [2.45, 2.75) is 43.5 Å². The Kier molecular flexibility index (Phi) is 3.96. The Balaban J connectivity index is 2.27. The van der Waals surface area contributed by atoms with Crippen molar-refractivity contribution in [1.82, 2.24) is 4.57 Å². The van der Waals surface area contributed by atoms with Gasteiger partial charge in [0.05, 0.1) is 0 Å². The Morgan fingerprint density at radius 3 is 2.53 bits per heavy atom. The highest BCUT2D eigenvalue weighted by atomic mass is 32.2. The van der Waals surface area contributed by atoms with E-state index in [1.54, 1.807) is 0 Å². The van der Waals surface area contributed by atoms with Crippen molar-refractivity contribution < 1.29 is 18.3 Å². The van der Waals surface area contributed by atoms with Crippen LogP contribution in [0.4, 0.5) is 0 Å². The van der Waals surface area contributed by atoms with Gasteiger partial charge >= 0.3 is 5.97 Å². The SMILES string of the molecule is NS(=O)(=O)c1cc(C(=O)O)n(CC2CCCCC2)c1. The highest BCUT2D eigenvalue weighted by molar-refractivity contribution is 7.89. The minimum atomic E-state index is -3.86. The average molecular weight is 286 g/mol. The maximum absolute atomic E-state index is 11.3. The van der Waals surface area contributed by atoms with Crippen molar-refractivity contribution in [3.63, 3.8) is 0 Å². The molecular formula is C12H18N2O4S. The van der Waals surface area contributed by atoms with Gasteiger partial charge in [0.1, 0.15) is 10.6 Å². The van der Waals surface area contributed by atoms with E-state index in [9.17, 15) is 13.2 Å². The number of sulfonamides is 1. The molecule has 0 unspecified atom stereocenters. The van der Waals surface area contributed by atoms with Crippen LogP contribution in [-0.4, -0.2) is 24.1 Å². The minimum Gasteiger partial charge on any atom is -0.477 e. The molecule has 6 nitrogen and oxygen atoms in total. The third-order valence-electron chi connectivity index (χ3n) is 3.60. The lowest BCUT2D eigenvalue weighted by Gasteiger charge is -2.22. The first-order valence-corrected chi connectivity index (χ1v) is 7.89. The quantitative estimate of drug-likeness (QED) is 0.873. The van der Waals surface area contributed by atoms with Crippen LogP contribution >= 0.6 is 0 Å². The van der Waals surface area contributed by atoms with Gasteiger partial charge in [0.15, 0.2) is 0 Å². The molecule has 0 aromatic carbocycles. The summed E-state index contributed by atoms with van der Waals surface area (Å²) in [6, 6.07) is 1.13. The number of rotatable bonds is 4. The zero-order chi connectivity index (χ0) is 14.0. The number of aromatic carboxylic acids is 1. The Morgan fingerprint density at radius 1 is 1.37 bits per heavy atom. The van der Waals surface area contributed by atoms with E-state index >= 15 is 0 Å². The molecule has 1 aliphatic rings. The molecule has 19 heavy (non-hydrogen) atoms. The summed E-state index contributed by atoms with van der Waals surface area (Å²) in [4.78, 5) is 11.0. The van der Waals surface area contributed by atoms with Gasteiger partial charge in [-0.2, -0.15) is 0 Å². The van der Waals surface area contributed by atoms with Crippen molar-refractivity contribution in [3.05, 3.63) is 18.0 Å². The second-order valence-electron chi connectivity index (χ2n) is 5.07. The van der Waals surface area contributed by atoms with Crippen LogP contribution in [0.2, 0.25) is 0 Å². The number of hydrogen-bond acceptors (Lipinski definition) is 3. The summed E-state index contributed by atoms with van der Waals surface area (Å²) in [5.41, 5.74) is -0.0189. The number of aromatic nitrogens is 1. The highest BCUT2D eigenvalue weighted by Crippen LogP contribution is 2.26. The number of carboxylic acids is 1. The molecule has 1 fully saturated rings. The number of primary sulfonamides is 1. The molecular weight excluding hydrogens is 268 g/mol. The smallest absolute Gasteiger partial charge is 0.352 e. The largest absolute Gasteiger partial charge is 0.477 e. The van der Waals surface area contributed by atoms with E-state index in [0.29, 0.717) is 12.5 Å². The number of carbonyl (C=O) groups is 1. The zero-order valence-corrected chi connectivity index (χ0v) is 11.4. The van der Waals surface area contributed by atoms with Gasteiger partial charge in [-0.1, -0.05) is 19.3 Å². The molecule has 0 aliphatic heterocycles. The predicted molar refractivity (Wildman–Crippen MR) is 69.3 cm³/mol. The number of nitrogens with zero attached hydrogens (tertiary/aromatic N) is 1.